The summed E-state index contributed by atoms with van der Waals surface area (Å²) in [5.41, 5.74) is 5.85. The van der Waals surface area contributed by atoms with Crippen LogP contribution in [0.5, 0.6) is 5.75 Å². The van der Waals surface area contributed by atoms with Crippen LogP contribution >= 0.6 is 0 Å². The van der Waals surface area contributed by atoms with Crippen molar-refractivity contribution >= 4 is 5.82 Å². The number of ether oxygens (including phenoxy) is 2. The fourth-order valence-corrected chi connectivity index (χ4v) is 1.53. The van der Waals surface area contributed by atoms with Gasteiger partial charge in [0, 0.05) is 25.9 Å². The Morgan fingerprint density at radius 1 is 1.50 bits per heavy atom. The van der Waals surface area contributed by atoms with E-state index >= 15 is 0 Å². The molecule has 0 aliphatic rings. The van der Waals surface area contributed by atoms with Crippen molar-refractivity contribution in [3.05, 3.63) is 18.3 Å². The molecule has 0 bridgehead atoms. The van der Waals surface area contributed by atoms with Crippen molar-refractivity contribution in [3.63, 3.8) is 0 Å². The predicted octanol–water partition coefficient (Wildman–Crippen LogP) is 1.65. The van der Waals surface area contributed by atoms with Crippen LogP contribution in [0, 0.1) is 0 Å². The van der Waals surface area contributed by atoms with Gasteiger partial charge in [-0.1, -0.05) is 6.92 Å². The Kier molecular flexibility index (Phi) is 7.13. The smallest absolute Gasteiger partial charge is 0.168 e. The maximum atomic E-state index is 5.85. The van der Waals surface area contributed by atoms with Crippen molar-refractivity contribution in [2.75, 3.05) is 32.2 Å². The summed E-state index contributed by atoms with van der Waals surface area (Å²) in [6.45, 7) is 4.10. The number of nitrogens with one attached hydrogen (secondary N) is 1. The van der Waals surface area contributed by atoms with Crippen LogP contribution in [0.2, 0.25) is 0 Å². The fourth-order valence-electron chi connectivity index (χ4n) is 1.53. The van der Waals surface area contributed by atoms with Gasteiger partial charge in [0.1, 0.15) is 0 Å². The second-order valence-corrected chi connectivity index (χ2v) is 4.13. The van der Waals surface area contributed by atoms with Crippen LogP contribution in [0.1, 0.15) is 19.8 Å². The summed E-state index contributed by atoms with van der Waals surface area (Å²) in [7, 11) is 1.66. The first-order chi connectivity index (χ1) is 8.77. The molecule has 0 spiro atoms. The average molecular weight is 253 g/mol. The third-order valence-corrected chi connectivity index (χ3v) is 2.42. The number of nitrogens with two attached hydrogens (primary N) is 1. The maximum absolute atomic E-state index is 5.85. The molecule has 5 nitrogen and oxygen atoms in total. The van der Waals surface area contributed by atoms with Gasteiger partial charge in [-0.25, -0.2) is 4.98 Å². The van der Waals surface area contributed by atoms with Crippen molar-refractivity contribution in [1.82, 2.24) is 4.98 Å². The van der Waals surface area contributed by atoms with Crippen molar-refractivity contribution < 1.29 is 9.47 Å². The average Bonchev–Trinajstić information content (AvgIpc) is 2.38. The van der Waals surface area contributed by atoms with Gasteiger partial charge in [0.2, 0.25) is 0 Å². The van der Waals surface area contributed by atoms with E-state index in [1.807, 2.05) is 12.1 Å². The van der Waals surface area contributed by atoms with E-state index in [1.165, 1.54) is 0 Å². The molecule has 1 atom stereocenters. The predicted molar refractivity (Wildman–Crippen MR) is 73.0 cm³/mol. The molecular weight excluding hydrogens is 230 g/mol. The molecule has 0 aliphatic carbocycles. The molecule has 0 saturated heterocycles. The third kappa shape index (κ3) is 5.33. The summed E-state index contributed by atoms with van der Waals surface area (Å²) in [6.07, 6.45) is 3.56. The van der Waals surface area contributed by atoms with Crippen LogP contribution in [0.25, 0.3) is 0 Å². The first-order valence-electron chi connectivity index (χ1n) is 6.34. The Hall–Kier alpha value is -1.33. The molecule has 0 aromatic carbocycles. The van der Waals surface area contributed by atoms with E-state index in [0.717, 1.165) is 31.0 Å². The minimum atomic E-state index is 0.0474. The summed E-state index contributed by atoms with van der Waals surface area (Å²) in [4.78, 5) is 4.27. The molecule has 18 heavy (non-hydrogen) atoms. The second-order valence-electron chi connectivity index (χ2n) is 4.13. The lowest BCUT2D eigenvalue weighted by atomic mass is 10.2. The molecule has 0 saturated carbocycles. The van der Waals surface area contributed by atoms with E-state index in [2.05, 4.69) is 17.2 Å². The van der Waals surface area contributed by atoms with Crippen LogP contribution in [0.15, 0.2) is 18.3 Å². The van der Waals surface area contributed by atoms with Crippen LogP contribution < -0.4 is 15.8 Å². The second kappa shape index (κ2) is 8.72. The van der Waals surface area contributed by atoms with Gasteiger partial charge in [0.25, 0.3) is 0 Å². The van der Waals surface area contributed by atoms with Gasteiger partial charge < -0.3 is 20.5 Å². The minimum Gasteiger partial charge on any atom is -0.490 e. The highest BCUT2D eigenvalue weighted by Crippen LogP contribution is 2.20. The van der Waals surface area contributed by atoms with Gasteiger partial charge >= 0.3 is 0 Å². The Bertz CT molecular complexity index is 334. The molecule has 1 aromatic heterocycles. The number of aromatic nitrogens is 1. The van der Waals surface area contributed by atoms with E-state index in [9.17, 15) is 0 Å². The van der Waals surface area contributed by atoms with Crippen LogP contribution in [-0.2, 0) is 4.74 Å². The molecule has 1 aromatic rings. The molecule has 3 N–H and O–H groups in total. The number of anilines is 1. The largest absolute Gasteiger partial charge is 0.490 e. The van der Waals surface area contributed by atoms with E-state index in [1.54, 1.807) is 13.3 Å². The number of hydrogen-bond acceptors (Lipinski definition) is 5. The molecular formula is C13H23N3O2. The number of pyridine rings is 1. The minimum absolute atomic E-state index is 0.0474. The molecule has 0 fully saturated rings. The van der Waals surface area contributed by atoms with Crippen molar-refractivity contribution in [3.8, 4) is 5.75 Å². The van der Waals surface area contributed by atoms with Gasteiger partial charge in [0.05, 0.1) is 13.2 Å². The normalized spacial score (nSPS) is 12.2. The van der Waals surface area contributed by atoms with Gasteiger partial charge in [-0.3, -0.25) is 0 Å². The van der Waals surface area contributed by atoms with Crippen LogP contribution in [0.3, 0.4) is 0 Å². The quantitative estimate of drug-likeness (QED) is 0.700. The first kappa shape index (κ1) is 14.7. The summed E-state index contributed by atoms with van der Waals surface area (Å²) < 4.78 is 10.6. The third-order valence-electron chi connectivity index (χ3n) is 2.42. The van der Waals surface area contributed by atoms with Crippen molar-refractivity contribution in [2.24, 2.45) is 5.73 Å². The summed E-state index contributed by atoms with van der Waals surface area (Å²) in [5, 5.41) is 3.24. The van der Waals surface area contributed by atoms with Crippen molar-refractivity contribution in [1.29, 1.82) is 0 Å². The Balaban J connectivity index is 2.40. The van der Waals surface area contributed by atoms with E-state index < -0.39 is 0 Å². The molecule has 1 rings (SSSR count). The highest BCUT2D eigenvalue weighted by atomic mass is 16.5. The van der Waals surface area contributed by atoms with E-state index in [0.29, 0.717) is 13.2 Å². The molecule has 0 amide bonds. The van der Waals surface area contributed by atoms with E-state index in [-0.39, 0.29) is 6.04 Å². The topological polar surface area (TPSA) is 69.4 Å². The summed E-state index contributed by atoms with van der Waals surface area (Å²) in [6, 6.07) is 3.83. The maximum Gasteiger partial charge on any atom is 0.168 e. The van der Waals surface area contributed by atoms with Gasteiger partial charge in [-0.15, -0.1) is 0 Å². The van der Waals surface area contributed by atoms with Gasteiger partial charge in [-0.2, -0.15) is 0 Å². The SMILES string of the molecule is CCCOc1cccnc1NCCC(N)COC. The Labute approximate surface area is 109 Å². The lowest BCUT2D eigenvalue weighted by Crippen LogP contribution is -2.28. The lowest BCUT2D eigenvalue weighted by molar-refractivity contribution is 0.178. The lowest BCUT2D eigenvalue weighted by Gasteiger charge is -2.13. The summed E-state index contributed by atoms with van der Waals surface area (Å²) >= 11 is 0. The molecule has 5 heteroatoms. The highest BCUT2D eigenvalue weighted by molar-refractivity contribution is 5.49. The van der Waals surface area contributed by atoms with E-state index in [4.69, 9.17) is 15.2 Å². The van der Waals surface area contributed by atoms with Crippen LogP contribution in [-0.4, -0.2) is 37.9 Å². The Morgan fingerprint density at radius 3 is 3.06 bits per heavy atom. The first-order valence-corrected chi connectivity index (χ1v) is 6.34. The number of methoxy groups -OCH3 is 1. The standard InChI is InChI=1S/C13H23N3O2/c1-3-9-18-12-5-4-7-15-13(12)16-8-6-11(14)10-17-2/h4-5,7,11H,3,6,8-10,14H2,1-2H3,(H,15,16). The zero-order valence-electron chi connectivity index (χ0n) is 11.2. The van der Waals surface area contributed by atoms with Crippen molar-refractivity contribution in [2.45, 2.75) is 25.8 Å². The van der Waals surface area contributed by atoms with Crippen LogP contribution in [0.4, 0.5) is 5.82 Å². The molecule has 0 aliphatic heterocycles. The molecule has 0 radical (unpaired) electrons. The molecule has 1 heterocycles. The Morgan fingerprint density at radius 2 is 2.33 bits per heavy atom. The van der Waals surface area contributed by atoms with Gasteiger partial charge in [-0.05, 0) is 25.0 Å². The molecule has 1 unspecified atom stereocenters. The number of rotatable bonds is 9. The number of nitrogens with zero attached hydrogens (tertiary/aromatic N) is 1. The number of hydrogen-bond donors (Lipinski definition) is 2. The zero-order chi connectivity index (χ0) is 13.2. The highest BCUT2D eigenvalue weighted by Gasteiger charge is 2.05. The molecule has 102 valence electrons. The zero-order valence-corrected chi connectivity index (χ0v) is 11.2. The fraction of sp³-hybridized carbons (Fsp3) is 0.615. The summed E-state index contributed by atoms with van der Waals surface area (Å²) in [5.74, 6) is 1.57. The monoisotopic (exact) mass is 253 g/mol. The van der Waals surface area contributed by atoms with Gasteiger partial charge in [0.15, 0.2) is 11.6 Å².